The van der Waals surface area contributed by atoms with E-state index in [0.717, 1.165) is 36.3 Å². The summed E-state index contributed by atoms with van der Waals surface area (Å²) in [5.74, 6) is -2.69. The molecule has 1 saturated heterocycles. The van der Waals surface area contributed by atoms with E-state index in [1.54, 1.807) is 17.0 Å². The van der Waals surface area contributed by atoms with E-state index in [1.807, 2.05) is 19.9 Å². The Morgan fingerprint density at radius 1 is 1.15 bits per heavy atom. The average molecular weight is 374 g/mol. The Labute approximate surface area is 159 Å². The number of nitrogens with one attached hydrogen (secondary N) is 1. The van der Waals surface area contributed by atoms with Gasteiger partial charge in [-0.25, -0.2) is 4.39 Å². The molecule has 0 saturated carbocycles. The van der Waals surface area contributed by atoms with Gasteiger partial charge in [0.1, 0.15) is 12.4 Å². The molecule has 0 unspecified atom stereocenters. The van der Waals surface area contributed by atoms with E-state index in [4.69, 9.17) is 0 Å². The highest BCUT2D eigenvalue weighted by atomic mass is 19.1. The number of quaternary nitrogens is 1. The molecule has 5 nitrogen and oxygen atoms in total. The lowest BCUT2D eigenvalue weighted by molar-refractivity contribution is -0.917. The molecule has 0 bridgehead atoms. The zero-order valence-corrected chi connectivity index (χ0v) is 16.0. The highest BCUT2D eigenvalue weighted by Crippen LogP contribution is 2.35. The Morgan fingerprint density at radius 2 is 1.78 bits per heavy atom. The molecule has 0 aromatic heterocycles. The number of nitrogens with zero attached hydrogens (tertiary/aromatic N) is 1. The van der Waals surface area contributed by atoms with Crippen molar-refractivity contribution in [3.8, 4) is 0 Å². The van der Waals surface area contributed by atoms with Crippen LogP contribution in [0, 0.1) is 17.7 Å². The molecule has 3 rings (SSSR count). The Morgan fingerprint density at radius 3 is 2.37 bits per heavy atom. The number of rotatable bonds is 4. The number of hydrogen-bond acceptors (Lipinski definition) is 3. The second-order valence-electron chi connectivity index (χ2n) is 7.88. The van der Waals surface area contributed by atoms with Crippen molar-refractivity contribution in [1.29, 1.82) is 0 Å². The van der Waals surface area contributed by atoms with Crippen LogP contribution in [0.2, 0.25) is 0 Å². The molecular formula is C21H27FN2O3. The molecule has 1 fully saturated rings. The highest BCUT2D eigenvalue weighted by molar-refractivity contribution is 5.85. The van der Waals surface area contributed by atoms with Gasteiger partial charge in [0.15, 0.2) is 0 Å². The Balaban J connectivity index is 1.60. The van der Waals surface area contributed by atoms with Crippen LogP contribution in [0.4, 0.5) is 4.39 Å². The first kappa shape index (κ1) is 19.5. The van der Waals surface area contributed by atoms with Crippen LogP contribution in [0.1, 0.15) is 32.3 Å². The molecule has 0 spiro atoms. The van der Waals surface area contributed by atoms with Crippen molar-refractivity contribution in [2.75, 3.05) is 26.2 Å². The minimum absolute atomic E-state index is 0.0687. The molecule has 2 atom stereocenters. The molecule has 1 amide bonds. The first-order chi connectivity index (χ1) is 12.8. The van der Waals surface area contributed by atoms with Crippen LogP contribution < -0.4 is 10.0 Å². The van der Waals surface area contributed by atoms with E-state index in [0.29, 0.717) is 25.9 Å². The van der Waals surface area contributed by atoms with E-state index < -0.39 is 17.8 Å². The topological polar surface area (TPSA) is 64.9 Å². The van der Waals surface area contributed by atoms with Crippen LogP contribution in [0.5, 0.6) is 0 Å². The Bertz CT molecular complexity index is 754. The third kappa shape index (κ3) is 4.56. The Hall–Kier alpha value is -2.21. The number of carboxylic acids is 1. The van der Waals surface area contributed by atoms with Crippen LogP contribution >= 0.6 is 0 Å². The summed E-state index contributed by atoms with van der Waals surface area (Å²) in [6.07, 6.45) is 0.898. The lowest BCUT2D eigenvalue weighted by atomic mass is 9.76. The van der Waals surface area contributed by atoms with Crippen molar-refractivity contribution >= 4 is 11.9 Å². The minimum Gasteiger partial charge on any atom is -0.550 e. The molecule has 6 heteroatoms. The molecule has 1 heterocycles. The van der Waals surface area contributed by atoms with Crippen molar-refractivity contribution < 1.29 is 24.0 Å². The molecular weight excluding hydrogens is 347 g/mol. The maximum atomic E-state index is 13.3. The number of carboxylic acid groups (broad SMARTS) is 1. The first-order valence-corrected chi connectivity index (χ1v) is 9.58. The maximum Gasteiger partial charge on any atom is 0.227 e. The van der Waals surface area contributed by atoms with Crippen LogP contribution in [-0.4, -0.2) is 43.0 Å². The molecule has 1 aromatic carbocycles. The SMILES string of the molecule is CC1=C(C)C[C@@H](C(=O)[O-])[C@@H](C(=O)N2CC[NH+](Cc3cccc(F)c3)CC2)C1. The molecule has 1 N–H and O–H groups in total. The quantitative estimate of drug-likeness (QED) is 0.764. The van der Waals surface area contributed by atoms with Crippen LogP contribution in [0.15, 0.2) is 35.4 Å². The fraction of sp³-hybridized carbons (Fsp3) is 0.524. The zero-order chi connectivity index (χ0) is 19.6. The fourth-order valence-electron chi connectivity index (χ4n) is 4.19. The first-order valence-electron chi connectivity index (χ1n) is 9.58. The van der Waals surface area contributed by atoms with E-state index >= 15 is 0 Å². The van der Waals surface area contributed by atoms with Gasteiger partial charge in [-0.2, -0.15) is 0 Å². The van der Waals surface area contributed by atoms with E-state index in [-0.39, 0.29) is 11.7 Å². The third-order valence-electron chi connectivity index (χ3n) is 6.01. The number of carbonyl (C=O) groups is 2. The molecule has 1 aliphatic carbocycles. The largest absolute Gasteiger partial charge is 0.550 e. The van der Waals surface area contributed by atoms with Gasteiger partial charge in [-0.1, -0.05) is 23.3 Å². The third-order valence-corrected chi connectivity index (χ3v) is 6.01. The maximum absolute atomic E-state index is 13.3. The number of aliphatic carboxylic acids is 1. The number of benzene rings is 1. The van der Waals surface area contributed by atoms with Crippen molar-refractivity contribution in [1.82, 2.24) is 4.90 Å². The fourth-order valence-corrected chi connectivity index (χ4v) is 4.19. The summed E-state index contributed by atoms with van der Waals surface area (Å²) < 4.78 is 13.3. The van der Waals surface area contributed by atoms with Gasteiger partial charge in [-0.05, 0) is 38.8 Å². The second kappa shape index (κ2) is 8.21. The van der Waals surface area contributed by atoms with Crippen LogP contribution in [-0.2, 0) is 16.1 Å². The number of hydrogen-bond donors (Lipinski definition) is 1. The smallest absolute Gasteiger partial charge is 0.227 e. The van der Waals surface area contributed by atoms with Crippen LogP contribution in [0.25, 0.3) is 0 Å². The number of carbonyl (C=O) groups excluding carboxylic acids is 2. The summed E-state index contributed by atoms with van der Waals surface area (Å²) in [6.45, 7) is 7.38. The average Bonchev–Trinajstić information content (AvgIpc) is 2.63. The summed E-state index contributed by atoms with van der Waals surface area (Å²) in [6, 6.07) is 6.61. The Kier molecular flexibility index (Phi) is 5.95. The second-order valence-corrected chi connectivity index (χ2v) is 7.88. The normalized spacial score (nSPS) is 24.2. The van der Waals surface area contributed by atoms with E-state index in [2.05, 4.69) is 0 Å². The van der Waals surface area contributed by atoms with Crippen molar-refractivity contribution in [2.45, 2.75) is 33.2 Å². The van der Waals surface area contributed by atoms with Gasteiger partial charge in [0.25, 0.3) is 0 Å². The van der Waals surface area contributed by atoms with Crippen molar-refractivity contribution in [3.63, 3.8) is 0 Å². The van der Waals surface area contributed by atoms with Gasteiger partial charge in [0, 0.05) is 17.5 Å². The molecule has 1 aromatic rings. The summed E-state index contributed by atoms with van der Waals surface area (Å²) in [4.78, 5) is 27.6. The van der Waals surface area contributed by atoms with Gasteiger partial charge < -0.3 is 19.7 Å². The molecule has 0 radical (unpaired) electrons. The summed E-state index contributed by atoms with van der Waals surface area (Å²) in [5.41, 5.74) is 3.11. The summed E-state index contributed by atoms with van der Waals surface area (Å²) in [7, 11) is 0. The van der Waals surface area contributed by atoms with Crippen LogP contribution in [0.3, 0.4) is 0 Å². The minimum atomic E-state index is -1.13. The van der Waals surface area contributed by atoms with Gasteiger partial charge in [-0.3, -0.25) is 4.79 Å². The lowest BCUT2D eigenvalue weighted by Crippen LogP contribution is -3.13. The monoisotopic (exact) mass is 374 g/mol. The zero-order valence-electron chi connectivity index (χ0n) is 16.0. The summed E-state index contributed by atoms with van der Waals surface area (Å²) >= 11 is 0. The van der Waals surface area contributed by atoms with E-state index in [9.17, 15) is 19.1 Å². The molecule has 146 valence electrons. The lowest BCUT2D eigenvalue weighted by Gasteiger charge is -2.38. The number of halogens is 1. The summed E-state index contributed by atoms with van der Waals surface area (Å²) in [5, 5.41) is 11.5. The van der Waals surface area contributed by atoms with Crippen molar-refractivity contribution in [3.05, 3.63) is 46.8 Å². The molecule has 2 aliphatic rings. The molecule has 1 aliphatic heterocycles. The molecule has 27 heavy (non-hydrogen) atoms. The predicted octanol–water partition coefficient (Wildman–Crippen LogP) is 0.165. The van der Waals surface area contributed by atoms with Gasteiger partial charge in [0.05, 0.1) is 32.1 Å². The van der Waals surface area contributed by atoms with Gasteiger partial charge in [0.2, 0.25) is 5.91 Å². The van der Waals surface area contributed by atoms with E-state index in [1.165, 1.54) is 11.0 Å². The van der Waals surface area contributed by atoms with Gasteiger partial charge >= 0.3 is 0 Å². The highest BCUT2D eigenvalue weighted by Gasteiger charge is 2.37. The van der Waals surface area contributed by atoms with Gasteiger partial charge in [-0.15, -0.1) is 0 Å². The van der Waals surface area contributed by atoms with Crippen molar-refractivity contribution in [2.24, 2.45) is 11.8 Å². The number of amides is 1. The number of piperazine rings is 1. The standard InChI is InChI=1S/C21H27FN2O3/c1-14-10-18(19(21(26)27)11-15(14)2)20(25)24-8-6-23(7-9-24)13-16-4-3-5-17(22)12-16/h3-5,12,18-19H,6-11,13H2,1-2H3,(H,26,27)/t18-,19+/m0/s1. The number of allylic oxidation sites excluding steroid dienone is 2. The predicted molar refractivity (Wildman–Crippen MR) is 97.0 cm³/mol.